The van der Waals surface area contributed by atoms with Gasteiger partial charge in [0.25, 0.3) is 0 Å². The molecular weight excluding hydrogens is 286 g/mol. The predicted octanol–water partition coefficient (Wildman–Crippen LogP) is 5.46. The van der Waals surface area contributed by atoms with Crippen molar-refractivity contribution >= 4 is 22.9 Å². The molecule has 1 nitrogen and oxygen atoms in total. The zero-order valence-corrected chi connectivity index (χ0v) is 13.7. The highest BCUT2D eigenvalue weighted by molar-refractivity contribution is 7.10. The van der Waals surface area contributed by atoms with Crippen LogP contribution in [0, 0.1) is 0 Å². The van der Waals surface area contributed by atoms with Gasteiger partial charge in [0.05, 0.1) is 0 Å². The van der Waals surface area contributed by atoms with E-state index in [1.807, 2.05) is 23.5 Å². The Kier molecular flexibility index (Phi) is 6.08. The first-order valence-electron chi connectivity index (χ1n) is 7.23. The molecule has 0 amide bonds. The van der Waals surface area contributed by atoms with E-state index >= 15 is 0 Å². The first-order chi connectivity index (χ1) is 9.69. The van der Waals surface area contributed by atoms with Crippen molar-refractivity contribution in [1.82, 2.24) is 5.32 Å². The highest BCUT2D eigenvalue weighted by atomic mass is 35.5. The third-order valence-corrected chi connectivity index (χ3v) is 4.64. The van der Waals surface area contributed by atoms with Gasteiger partial charge in [-0.1, -0.05) is 43.1 Å². The number of benzene rings is 1. The van der Waals surface area contributed by atoms with Crippen LogP contribution < -0.4 is 5.32 Å². The lowest BCUT2D eigenvalue weighted by Crippen LogP contribution is -2.31. The van der Waals surface area contributed by atoms with Gasteiger partial charge >= 0.3 is 0 Å². The first-order valence-corrected chi connectivity index (χ1v) is 8.48. The van der Waals surface area contributed by atoms with Gasteiger partial charge in [0.2, 0.25) is 0 Å². The molecule has 0 bridgehead atoms. The summed E-state index contributed by atoms with van der Waals surface area (Å²) < 4.78 is 0. The highest BCUT2D eigenvalue weighted by Crippen LogP contribution is 2.24. The third-order valence-electron chi connectivity index (χ3n) is 3.40. The van der Waals surface area contributed by atoms with Gasteiger partial charge in [-0.2, -0.15) is 0 Å². The third kappa shape index (κ3) is 4.62. The number of halogens is 1. The Labute approximate surface area is 131 Å². The van der Waals surface area contributed by atoms with Crippen LogP contribution in [0.15, 0.2) is 41.8 Å². The van der Waals surface area contributed by atoms with Gasteiger partial charge < -0.3 is 5.32 Å². The van der Waals surface area contributed by atoms with Crippen molar-refractivity contribution in [2.75, 3.05) is 0 Å². The summed E-state index contributed by atoms with van der Waals surface area (Å²) in [6.45, 7) is 4.50. The summed E-state index contributed by atoms with van der Waals surface area (Å²) in [4.78, 5) is 1.44. The lowest BCUT2D eigenvalue weighted by Gasteiger charge is -2.22. The van der Waals surface area contributed by atoms with Crippen LogP contribution in [0.2, 0.25) is 5.02 Å². The van der Waals surface area contributed by atoms with E-state index in [-0.39, 0.29) is 0 Å². The van der Waals surface area contributed by atoms with E-state index in [0.29, 0.717) is 12.1 Å². The summed E-state index contributed by atoms with van der Waals surface area (Å²) in [7, 11) is 0. The van der Waals surface area contributed by atoms with E-state index in [1.165, 1.54) is 23.3 Å². The molecule has 0 fully saturated rings. The Morgan fingerprint density at radius 2 is 1.95 bits per heavy atom. The van der Waals surface area contributed by atoms with Crippen LogP contribution in [0.5, 0.6) is 0 Å². The van der Waals surface area contributed by atoms with Crippen LogP contribution in [-0.2, 0) is 6.42 Å². The van der Waals surface area contributed by atoms with E-state index < -0.39 is 0 Å². The Bertz CT molecular complexity index is 492. The minimum Gasteiger partial charge on any atom is -0.306 e. The van der Waals surface area contributed by atoms with E-state index in [1.54, 1.807) is 0 Å². The molecule has 2 atom stereocenters. The predicted molar refractivity (Wildman–Crippen MR) is 89.7 cm³/mol. The minimum atomic E-state index is 0.454. The van der Waals surface area contributed by atoms with Gasteiger partial charge in [-0.3, -0.25) is 0 Å². The normalized spacial score (nSPS) is 14.2. The van der Waals surface area contributed by atoms with Gasteiger partial charge in [-0.25, -0.2) is 0 Å². The number of hydrogen-bond acceptors (Lipinski definition) is 2. The van der Waals surface area contributed by atoms with Gasteiger partial charge in [0, 0.05) is 22.0 Å². The topological polar surface area (TPSA) is 12.0 Å². The maximum Gasteiger partial charge on any atom is 0.0416 e. The molecule has 1 aromatic heterocycles. The molecule has 0 aliphatic heterocycles. The minimum absolute atomic E-state index is 0.454. The summed E-state index contributed by atoms with van der Waals surface area (Å²) in [5, 5.41) is 6.72. The van der Waals surface area contributed by atoms with Crippen LogP contribution in [-0.4, -0.2) is 6.04 Å². The van der Waals surface area contributed by atoms with Crippen molar-refractivity contribution < 1.29 is 0 Å². The van der Waals surface area contributed by atoms with E-state index in [0.717, 1.165) is 11.4 Å². The average Bonchev–Trinajstić information content (AvgIpc) is 2.95. The van der Waals surface area contributed by atoms with Crippen LogP contribution in [0.1, 0.15) is 43.2 Å². The van der Waals surface area contributed by atoms with Crippen molar-refractivity contribution in [3.63, 3.8) is 0 Å². The highest BCUT2D eigenvalue weighted by Gasteiger charge is 2.14. The van der Waals surface area contributed by atoms with Crippen molar-refractivity contribution in [2.45, 2.75) is 45.2 Å². The molecule has 0 radical (unpaired) electrons. The smallest absolute Gasteiger partial charge is 0.0416 e. The van der Waals surface area contributed by atoms with Crippen molar-refractivity contribution in [3.05, 3.63) is 57.2 Å². The number of nitrogens with one attached hydrogen (secondary N) is 1. The standard InChI is InChI=1S/C17H22ClNS/c1-3-5-16(17-6-4-11-20-17)19-13(2)12-14-7-9-15(18)10-8-14/h4,6-11,13,16,19H,3,5,12H2,1-2H3. The Morgan fingerprint density at radius 3 is 2.55 bits per heavy atom. The monoisotopic (exact) mass is 307 g/mol. The molecular formula is C17H22ClNS. The fourth-order valence-corrected chi connectivity index (χ4v) is 3.41. The van der Waals surface area contributed by atoms with Gasteiger partial charge in [0.15, 0.2) is 0 Å². The maximum atomic E-state index is 5.93. The van der Waals surface area contributed by atoms with Gasteiger partial charge in [-0.05, 0) is 48.9 Å². The van der Waals surface area contributed by atoms with Gasteiger partial charge in [0.1, 0.15) is 0 Å². The summed E-state index contributed by atoms with van der Waals surface area (Å²) in [6.07, 6.45) is 3.41. The summed E-state index contributed by atoms with van der Waals surface area (Å²) in [5.41, 5.74) is 1.33. The summed E-state index contributed by atoms with van der Waals surface area (Å²) >= 11 is 7.77. The Balaban J connectivity index is 1.94. The van der Waals surface area contributed by atoms with Crippen molar-refractivity contribution in [2.24, 2.45) is 0 Å². The Morgan fingerprint density at radius 1 is 1.20 bits per heavy atom. The molecule has 1 aromatic carbocycles. The molecule has 20 heavy (non-hydrogen) atoms. The fraction of sp³-hybridized carbons (Fsp3) is 0.412. The van der Waals surface area contributed by atoms with E-state index in [2.05, 4.69) is 48.8 Å². The van der Waals surface area contributed by atoms with Crippen LogP contribution in [0.3, 0.4) is 0 Å². The fourth-order valence-electron chi connectivity index (χ4n) is 2.46. The zero-order chi connectivity index (χ0) is 14.4. The SMILES string of the molecule is CCCC(NC(C)Cc1ccc(Cl)cc1)c1cccs1. The molecule has 2 rings (SSSR count). The molecule has 0 saturated carbocycles. The second-order valence-electron chi connectivity index (χ2n) is 5.25. The van der Waals surface area contributed by atoms with Crippen molar-refractivity contribution in [1.29, 1.82) is 0 Å². The van der Waals surface area contributed by atoms with Crippen LogP contribution >= 0.6 is 22.9 Å². The van der Waals surface area contributed by atoms with Crippen LogP contribution in [0.4, 0.5) is 0 Å². The molecule has 108 valence electrons. The van der Waals surface area contributed by atoms with E-state index in [4.69, 9.17) is 11.6 Å². The maximum absolute atomic E-state index is 5.93. The second-order valence-corrected chi connectivity index (χ2v) is 6.67. The molecule has 0 spiro atoms. The number of hydrogen-bond donors (Lipinski definition) is 1. The van der Waals surface area contributed by atoms with Crippen LogP contribution in [0.25, 0.3) is 0 Å². The molecule has 1 heterocycles. The number of thiophene rings is 1. The molecule has 2 unspecified atom stereocenters. The Hall–Kier alpha value is -0.830. The molecule has 0 aliphatic carbocycles. The molecule has 0 aliphatic rings. The zero-order valence-electron chi connectivity index (χ0n) is 12.1. The largest absolute Gasteiger partial charge is 0.306 e. The first kappa shape index (κ1) is 15.6. The lowest BCUT2D eigenvalue weighted by atomic mass is 10.0. The van der Waals surface area contributed by atoms with E-state index in [9.17, 15) is 0 Å². The lowest BCUT2D eigenvalue weighted by molar-refractivity contribution is 0.433. The summed E-state index contributed by atoms with van der Waals surface area (Å²) in [5.74, 6) is 0. The number of rotatable bonds is 7. The quantitative estimate of drug-likeness (QED) is 0.716. The van der Waals surface area contributed by atoms with Crippen molar-refractivity contribution in [3.8, 4) is 0 Å². The second kappa shape index (κ2) is 7.82. The molecule has 2 aromatic rings. The average molecular weight is 308 g/mol. The molecule has 3 heteroatoms. The molecule has 0 saturated heterocycles. The molecule has 1 N–H and O–H groups in total. The summed E-state index contributed by atoms with van der Waals surface area (Å²) in [6, 6.07) is 13.4. The van der Waals surface area contributed by atoms with Gasteiger partial charge in [-0.15, -0.1) is 11.3 Å².